The van der Waals surface area contributed by atoms with E-state index in [1.54, 1.807) is 7.11 Å². The van der Waals surface area contributed by atoms with Gasteiger partial charge in [-0.2, -0.15) is 0 Å². The fourth-order valence-corrected chi connectivity index (χ4v) is 2.05. The lowest BCUT2D eigenvalue weighted by Gasteiger charge is -2.13. The summed E-state index contributed by atoms with van der Waals surface area (Å²) in [5, 5.41) is 8.10. The number of ether oxygens (including phenoxy) is 2. The second-order valence-corrected chi connectivity index (χ2v) is 5.18. The second kappa shape index (κ2) is 6.58. The van der Waals surface area contributed by atoms with E-state index in [1.807, 2.05) is 43.7 Å². The molecule has 0 aliphatic rings. The van der Waals surface area contributed by atoms with Crippen molar-refractivity contribution < 1.29 is 9.47 Å². The number of benzene rings is 1. The minimum Gasteiger partial charge on any atom is -0.493 e. The van der Waals surface area contributed by atoms with Crippen LogP contribution < -0.4 is 15.2 Å². The first-order valence-corrected chi connectivity index (χ1v) is 6.91. The summed E-state index contributed by atoms with van der Waals surface area (Å²) in [4.78, 5) is 0. The molecule has 2 rings (SSSR count). The van der Waals surface area contributed by atoms with Crippen LogP contribution in [-0.2, 0) is 20.1 Å². The maximum absolute atomic E-state index is 5.84. The summed E-state index contributed by atoms with van der Waals surface area (Å²) in [5.74, 6) is 3.01. The molecule has 1 aromatic carbocycles. The second-order valence-electron chi connectivity index (χ2n) is 5.18. The molecule has 2 N–H and O–H groups in total. The van der Waals surface area contributed by atoms with E-state index in [0.29, 0.717) is 18.1 Å². The minimum atomic E-state index is 0.104. The lowest BCUT2D eigenvalue weighted by atomic mass is 10.1. The van der Waals surface area contributed by atoms with Gasteiger partial charge in [0, 0.05) is 13.1 Å². The number of aryl methyl sites for hydroxylation is 1. The van der Waals surface area contributed by atoms with Crippen molar-refractivity contribution in [3.63, 3.8) is 0 Å². The molecular formula is C15H22N4O2. The molecule has 1 heterocycles. The zero-order valence-corrected chi connectivity index (χ0v) is 13.0. The summed E-state index contributed by atoms with van der Waals surface area (Å²) in [6.07, 6.45) is 0.795. The lowest BCUT2D eigenvalue weighted by Crippen LogP contribution is -2.17. The lowest BCUT2D eigenvalue weighted by molar-refractivity contribution is 0.272. The maximum Gasteiger partial charge on any atom is 0.170 e. The van der Waals surface area contributed by atoms with Gasteiger partial charge in [0.15, 0.2) is 17.3 Å². The highest BCUT2D eigenvalue weighted by Gasteiger charge is 2.10. The van der Waals surface area contributed by atoms with Crippen LogP contribution in [0.2, 0.25) is 0 Å². The quantitative estimate of drug-likeness (QED) is 0.874. The van der Waals surface area contributed by atoms with Crippen LogP contribution in [0.25, 0.3) is 0 Å². The highest BCUT2D eigenvalue weighted by Crippen LogP contribution is 2.29. The highest BCUT2D eigenvalue weighted by molar-refractivity contribution is 5.43. The van der Waals surface area contributed by atoms with Crippen molar-refractivity contribution in [2.24, 2.45) is 12.8 Å². The molecule has 0 fully saturated rings. The molecule has 2 aromatic rings. The summed E-state index contributed by atoms with van der Waals surface area (Å²) in [6, 6.07) is 5.97. The topological polar surface area (TPSA) is 75.2 Å². The Morgan fingerprint density at radius 1 is 1.29 bits per heavy atom. The Hall–Kier alpha value is -2.08. The molecule has 6 nitrogen and oxygen atoms in total. The first kappa shape index (κ1) is 15.3. The minimum absolute atomic E-state index is 0.104. The largest absolute Gasteiger partial charge is 0.493 e. The molecule has 1 aromatic heterocycles. The summed E-state index contributed by atoms with van der Waals surface area (Å²) in [7, 11) is 3.54. The molecule has 1 unspecified atom stereocenters. The van der Waals surface area contributed by atoms with Gasteiger partial charge < -0.3 is 19.8 Å². The van der Waals surface area contributed by atoms with Crippen molar-refractivity contribution in [1.82, 2.24) is 14.8 Å². The van der Waals surface area contributed by atoms with Gasteiger partial charge in [0.2, 0.25) is 0 Å². The van der Waals surface area contributed by atoms with Crippen molar-refractivity contribution in [2.45, 2.75) is 32.9 Å². The third kappa shape index (κ3) is 3.72. The van der Waals surface area contributed by atoms with E-state index >= 15 is 0 Å². The van der Waals surface area contributed by atoms with Gasteiger partial charge in [0.05, 0.1) is 7.11 Å². The van der Waals surface area contributed by atoms with Crippen molar-refractivity contribution in [3.8, 4) is 11.5 Å². The van der Waals surface area contributed by atoms with Gasteiger partial charge in [-0.1, -0.05) is 6.07 Å². The predicted molar refractivity (Wildman–Crippen MR) is 80.4 cm³/mol. The smallest absolute Gasteiger partial charge is 0.170 e. The summed E-state index contributed by atoms with van der Waals surface area (Å²) < 4.78 is 13.1. The Labute approximate surface area is 124 Å². The Morgan fingerprint density at radius 2 is 2.05 bits per heavy atom. The van der Waals surface area contributed by atoms with Gasteiger partial charge >= 0.3 is 0 Å². The van der Waals surface area contributed by atoms with E-state index in [9.17, 15) is 0 Å². The fourth-order valence-electron chi connectivity index (χ4n) is 2.05. The molecule has 0 saturated carbocycles. The van der Waals surface area contributed by atoms with Crippen LogP contribution in [0.3, 0.4) is 0 Å². The standard InChI is InChI=1S/C15H22N4O2/c1-10(16)7-12-5-6-13(20-4)14(8-12)21-9-15-18-17-11(2)19(15)3/h5-6,8,10H,7,9,16H2,1-4H3. The predicted octanol–water partition coefficient (Wildman–Crippen LogP) is 1.60. The number of methoxy groups -OCH3 is 1. The average molecular weight is 290 g/mol. The van der Waals surface area contributed by atoms with Crippen molar-refractivity contribution in [3.05, 3.63) is 35.4 Å². The van der Waals surface area contributed by atoms with E-state index in [-0.39, 0.29) is 6.04 Å². The normalized spacial score (nSPS) is 12.2. The average Bonchev–Trinajstić information content (AvgIpc) is 2.76. The Balaban J connectivity index is 2.15. The first-order chi connectivity index (χ1) is 10.0. The number of nitrogens with zero attached hydrogens (tertiary/aromatic N) is 3. The summed E-state index contributed by atoms with van der Waals surface area (Å²) in [5.41, 5.74) is 6.96. The van der Waals surface area contributed by atoms with Crippen LogP contribution in [0, 0.1) is 6.92 Å². The fraction of sp³-hybridized carbons (Fsp3) is 0.467. The number of nitrogens with two attached hydrogens (primary N) is 1. The molecule has 0 amide bonds. The molecule has 0 radical (unpaired) electrons. The van der Waals surface area contributed by atoms with E-state index in [4.69, 9.17) is 15.2 Å². The van der Waals surface area contributed by atoms with Crippen LogP contribution in [0.1, 0.15) is 24.1 Å². The van der Waals surface area contributed by atoms with Crippen LogP contribution in [0.5, 0.6) is 11.5 Å². The van der Waals surface area contributed by atoms with Crippen LogP contribution >= 0.6 is 0 Å². The first-order valence-electron chi connectivity index (χ1n) is 6.91. The van der Waals surface area contributed by atoms with E-state index in [2.05, 4.69) is 10.2 Å². The van der Waals surface area contributed by atoms with Gasteiger partial charge in [-0.15, -0.1) is 10.2 Å². The molecule has 0 spiro atoms. The maximum atomic E-state index is 5.84. The van der Waals surface area contributed by atoms with Crippen LogP contribution in [0.15, 0.2) is 18.2 Å². The summed E-state index contributed by atoms with van der Waals surface area (Å²) >= 11 is 0. The summed E-state index contributed by atoms with van der Waals surface area (Å²) in [6.45, 7) is 4.22. The number of hydrogen-bond acceptors (Lipinski definition) is 5. The molecule has 21 heavy (non-hydrogen) atoms. The van der Waals surface area contributed by atoms with Gasteiger partial charge in [0.25, 0.3) is 0 Å². The molecular weight excluding hydrogens is 268 g/mol. The number of rotatable bonds is 6. The molecule has 1 atom stereocenters. The van der Waals surface area contributed by atoms with Gasteiger partial charge in [-0.25, -0.2) is 0 Å². The number of aromatic nitrogens is 3. The molecule has 114 valence electrons. The van der Waals surface area contributed by atoms with Crippen LogP contribution in [-0.4, -0.2) is 27.9 Å². The molecule has 0 aliphatic heterocycles. The van der Waals surface area contributed by atoms with Crippen molar-refractivity contribution in [2.75, 3.05) is 7.11 Å². The highest BCUT2D eigenvalue weighted by atomic mass is 16.5. The number of hydrogen-bond donors (Lipinski definition) is 1. The molecule has 0 bridgehead atoms. The van der Waals surface area contributed by atoms with E-state index < -0.39 is 0 Å². The third-order valence-corrected chi connectivity index (χ3v) is 3.33. The zero-order valence-electron chi connectivity index (χ0n) is 13.0. The van der Waals surface area contributed by atoms with Gasteiger partial charge in [-0.05, 0) is 38.0 Å². The Kier molecular flexibility index (Phi) is 4.80. The monoisotopic (exact) mass is 290 g/mol. The Morgan fingerprint density at radius 3 is 2.62 bits per heavy atom. The third-order valence-electron chi connectivity index (χ3n) is 3.33. The molecule has 0 aliphatic carbocycles. The Bertz CT molecular complexity index is 608. The molecule has 6 heteroatoms. The van der Waals surface area contributed by atoms with Gasteiger partial charge in [-0.3, -0.25) is 0 Å². The van der Waals surface area contributed by atoms with E-state index in [0.717, 1.165) is 23.6 Å². The van der Waals surface area contributed by atoms with Gasteiger partial charge in [0.1, 0.15) is 12.4 Å². The van der Waals surface area contributed by atoms with Crippen molar-refractivity contribution in [1.29, 1.82) is 0 Å². The zero-order chi connectivity index (χ0) is 15.4. The van der Waals surface area contributed by atoms with E-state index in [1.165, 1.54) is 0 Å². The van der Waals surface area contributed by atoms with Crippen molar-refractivity contribution >= 4 is 0 Å². The SMILES string of the molecule is COc1ccc(CC(C)N)cc1OCc1nnc(C)n1C. The van der Waals surface area contributed by atoms with Crippen LogP contribution in [0.4, 0.5) is 0 Å². The molecule has 0 saturated heterocycles.